The van der Waals surface area contributed by atoms with E-state index in [-0.39, 0.29) is 6.61 Å². The van der Waals surface area contributed by atoms with E-state index < -0.39 is 30.9 Å². The normalized spacial score (nSPS) is 26.5. The summed E-state index contributed by atoms with van der Waals surface area (Å²) >= 11 is 0. The van der Waals surface area contributed by atoms with Crippen LogP contribution in [0, 0.1) is 0 Å². The first-order chi connectivity index (χ1) is 10.7. The predicted molar refractivity (Wildman–Crippen MR) is 79.2 cm³/mol. The minimum absolute atomic E-state index is 0.232. The predicted octanol–water partition coefficient (Wildman–Crippen LogP) is 0.701. The van der Waals surface area contributed by atoms with Crippen molar-refractivity contribution in [1.29, 1.82) is 0 Å². The van der Waals surface area contributed by atoms with Crippen molar-refractivity contribution in [3.8, 4) is 0 Å². The summed E-state index contributed by atoms with van der Waals surface area (Å²) in [5.41, 5.74) is 1.14. The van der Waals surface area contributed by atoms with Gasteiger partial charge in [-0.3, -0.25) is 0 Å². The van der Waals surface area contributed by atoms with E-state index in [1.807, 2.05) is 30.3 Å². The molecular weight excluding hydrogens is 288 g/mol. The summed E-state index contributed by atoms with van der Waals surface area (Å²) < 4.78 is 21.4. The molecule has 2 rings (SSSR count). The van der Waals surface area contributed by atoms with Crippen molar-refractivity contribution in [3.05, 3.63) is 35.9 Å². The molecule has 0 spiro atoms. The molecule has 1 saturated heterocycles. The zero-order valence-electron chi connectivity index (χ0n) is 12.9. The molecule has 1 fully saturated rings. The molecule has 124 valence electrons. The lowest BCUT2D eigenvalue weighted by molar-refractivity contribution is -0.242. The van der Waals surface area contributed by atoms with Gasteiger partial charge in [0.2, 0.25) is 12.6 Å². The average molecular weight is 312 g/mol. The van der Waals surface area contributed by atoms with Gasteiger partial charge in [0.15, 0.2) is 0 Å². The van der Waals surface area contributed by atoms with E-state index in [1.165, 1.54) is 14.2 Å². The van der Waals surface area contributed by atoms with E-state index in [9.17, 15) is 10.2 Å². The lowest BCUT2D eigenvalue weighted by atomic mass is 10.0. The smallest absolute Gasteiger partial charge is 0.210 e. The zero-order valence-corrected chi connectivity index (χ0v) is 12.9. The van der Waals surface area contributed by atoms with Crippen LogP contribution in [0.25, 0.3) is 0 Å². The topological polar surface area (TPSA) is 77.4 Å². The molecule has 1 aromatic rings. The molecule has 6 nitrogen and oxygen atoms in total. The summed E-state index contributed by atoms with van der Waals surface area (Å²) in [5.74, 6) is 0. The molecule has 1 aliphatic rings. The third-order valence-corrected chi connectivity index (χ3v) is 3.78. The number of aliphatic hydroxyl groups is 2. The van der Waals surface area contributed by atoms with Crippen molar-refractivity contribution < 1.29 is 29.2 Å². The third kappa shape index (κ3) is 4.25. The fraction of sp³-hybridized carbons (Fsp3) is 0.625. The summed E-state index contributed by atoms with van der Waals surface area (Å²) in [6.07, 6.45) is -2.15. The monoisotopic (exact) mass is 312 g/mol. The van der Waals surface area contributed by atoms with Gasteiger partial charge in [-0.2, -0.15) is 0 Å². The van der Waals surface area contributed by atoms with Gasteiger partial charge in [-0.05, 0) is 18.4 Å². The lowest BCUT2D eigenvalue weighted by Crippen LogP contribution is -2.37. The van der Waals surface area contributed by atoms with Crippen molar-refractivity contribution in [1.82, 2.24) is 0 Å². The minimum atomic E-state index is -0.761. The highest BCUT2D eigenvalue weighted by molar-refractivity contribution is 5.14. The van der Waals surface area contributed by atoms with Crippen molar-refractivity contribution in [3.63, 3.8) is 0 Å². The highest BCUT2D eigenvalue weighted by Crippen LogP contribution is 2.26. The number of aryl methyl sites for hydroxylation is 1. The molecule has 0 radical (unpaired) electrons. The van der Waals surface area contributed by atoms with Gasteiger partial charge in [-0.25, -0.2) is 0 Å². The Kier molecular flexibility index (Phi) is 6.75. The number of ether oxygens (including phenoxy) is 4. The summed E-state index contributed by atoms with van der Waals surface area (Å²) in [4.78, 5) is 0. The van der Waals surface area contributed by atoms with Crippen molar-refractivity contribution in [2.45, 2.75) is 43.7 Å². The van der Waals surface area contributed by atoms with Gasteiger partial charge in [0.1, 0.15) is 12.2 Å². The van der Waals surface area contributed by atoms with Crippen LogP contribution in [0.2, 0.25) is 0 Å². The number of methoxy groups -OCH3 is 2. The first kappa shape index (κ1) is 17.3. The largest absolute Gasteiger partial charge is 0.394 e. The fourth-order valence-electron chi connectivity index (χ4n) is 2.58. The molecule has 0 amide bonds. The number of hydrogen-bond donors (Lipinski definition) is 2. The summed E-state index contributed by atoms with van der Waals surface area (Å²) in [6, 6.07) is 9.90. The highest BCUT2D eigenvalue weighted by Gasteiger charge is 2.43. The van der Waals surface area contributed by atoms with Gasteiger partial charge in [0, 0.05) is 14.2 Å². The SMILES string of the molecule is COC(OC)C1O[C@H]([C@@H](O)CCc2ccccc2)[C@H](CO)O1. The van der Waals surface area contributed by atoms with E-state index >= 15 is 0 Å². The molecule has 6 heteroatoms. The maximum Gasteiger partial charge on any atom is 0.210 e. The number of benzene rings is 1. The molecule has 0 aliphatic carbocycles. The minimum Gasteiger partial charge on any atom is -0.394 e. The quantitative estimate of drug-likeness (QED) is 0.688. The molecule has 1 aliphatic heterocycles. The Morgan fingerprint density at radius 3 is 2.41 bits per heavy atom. The molecule has 1 heterocycles. The molecule has 0 saturated carbocycles. The molecule has 0 aromatic heterocycles. The van der Waals surface area contributed by atoms with E-state index in [0.29, 0.717) is 6.42 Å². The maximum absolute atomic E-state index is 10.4. The van der Waals surface area contributed by atoms with Crippen LogP contribution in [0.5, 0.6) is 0 Å². The van der Waals surface area contributed by atoms with Gasteiger partial charge in [-0.1, -0.05) is 30.3 Å². The summed E-state index contributed by atoms with van der Waals surface area (Å²) in [5, 5.41) is 19.8. The van der Waals surface area contributed by atoms with E-state index in [2.05, 4.69) is 0 Å². The first-order valence-electron chi connectivity index (χ1n) is 7.39. The van der Waals surface area contributed by atoms with Gasteiger partial charge in [0.25, 0.3) is 0 Å². The summed E-state index contributed by atoms with van der Waals surface area (Å²) in [6.45, 7) is -0.232. The lowest BCUT2D eigenvalue weighted by Gasteiger charge is -2.21. The Morgan fingerprint density at radius 2 is 1.82 bits per heavy atom. The molecule has 0 bridgehead atoms. The van der Waals surface area contributed by atoms with Crippen molar-refractivity contribution in [2.24, 2.45) is 0 Å². The molecule has 22 heavy (non-hydrogen) atoms. The molecule has 2 N–H and O–H groups in total. The van der Waals surface area contributed by atoms with Gasteiger partial charge in [0.05, 0.1) is 12.7 Å². The van der Waals surface area contributed by atoms with Crippen molar-refractivity contribution in [2.75, 3.05) is 20.8 Å². The highest BCUT2D eigenvalue weighted by atomic mass is 16.8. The molecule has 4 atom stereocenters. The molecule has 1 unspecified atom stereocenters. The number of aliphatic hydroxyl groups excluding tert-OH is 2. The summed E-state index contributed by atoms with van der Waals surface area (Å²) in [7, 11) is 2.96. The van der Waals surface area contributed by atoms with Crippen LogP contribution < -0.4 is 0 Å². The number of hydrogen-bond acceptors (Lipinski definition) is 6. The van der Waals surface area contributed by atoms with Crippen LogP contribution >= 0.6 is 0 Å². The van der Waals surface area contributed by atoms with E-state index in [4.69, 9.17) is 18.9 Å². The molecular formula is C16H24O6. The van der Waals surface area contributed by atoms with Gasteiger partial charge >= 0.3 is 0 Å². The van der Waals surface area contributed by atoms with Crippen LogP contribution in [0.1, 0.15) is 12.0 Å². The van der Waals surface area contributed by atoms with Crippen LogP contribution in [0.15, 0.2) is 30.3 Å². The Balaban J connectivity index is 1.91. The Morgan fingerprint density at radius 1 is 1.14 bits per heavy atom. The Hall–Kier alpha value is -1.02. The van der Waals surface area contributed by atoms with Crippen LogP contribution in [-0.4, -0.2) is 61.9 Å². The van der Waals surface area contributed by atoms with E-state index in [1.54, 1.807) is 0 Å². The van der Waals surface area contributed by atoms with Gasteiger partial charge < -0.3 is 29.2 Å². The van der Waals surface area contributed by atoms with Gasteiger partial charge in [-0.15, -0.1) is 0 Å². The maximum atomic E-state index is 10.4. The first-order valence-corrected chi connectivity index (χ1v) is 7.39. The fourth-order valence-corrected chi connectivity index (χ4v) is 2.58. The standard InChI is InChI=1S/C16H24O6/c1-19-15(20-2)16-21-13(10-17)14(22-16)12(18)9-8-11-6-4-3-5-7-11/h3-7,12-18H,8-10H2,1-2H3/t12-,13-,14+,16?/m0/s1. The van der Waals surface area contributed by atoms with Crippen molar-refractivity contribution >= 4 is 0 Å². The Labute approximate surface area is 130 Å². The number of rotatable bonds is 8. The van der Waals surface area contributed by atoms with Crippen LogP contribution in [-0.2, 0) is 25.4 Å². The van der Waals surface area contributed by atoms with E-state index in [0.717, 1.165) is 12.0 Å². The molecule has 1 aromatic carbocycles. The second-order valence-corrected chi connectivity index (χ2v) is 5.26. The Bertz CT molecular complexity index is 422. The average Bonchev–Trinajstić information content (AvgIpc) is 2.99. The van der Waals surface area contributed by atoms with Crippen LogP contribution in [0.3, 0.4) is 0 Å². The third-order valence-electron chi connectivity index (χ3n) is 3.78. The zero-order chi connectivity index (χ0) is 15.9. The second kappa shape index (κ2) is 8.57. The second-order valence-electron chi connectivity index (χ2n) is 5.26. The van der Waals surface area contributed by atoms with Crippen LogP contribution in [0.4, 0.5) is 0 Å².